The quantitative estimate of drug-likeness (QED) is 0.859. The molecule has 1 fully saturated rings. The SMILES string of the molecule is CN(C)CC(=O)NC1(c2ccccc2F)CC1. The number of carbonyl (C=O) groups is 1. The van der Waals surface area contributed by atoms with Gasteiger partial charge in [-0.25, -0.2) is 4.39 Å². The van der Waals surface area contributed by atoms with Crippen molar-refractivity contribution in [1.82, 2.24) is 10.2 Å². The lowest BCUT2D eigenvalue weighted by Gasteiger charge is -2.20. The molecule has 0 aromatic heterocycles. The number of benzene rings is 1. The number of rotatable bonds is 4. The number of hydrogen-bond donors (Lipinski definition) is 1. The maximum atomic E-state index is 13.7. The molecule has 1 aromatic carbocycles. The predicted octanol–water partition coefficient (Wildman–Crippen LogP) is 1.49. The van der Waals surface area contributed by atoms with E-state index in [1.807, 2.05) is 14.1 Å². The number of halogens is 1. The van der Waals surface area contributed by atoms with Crippen LogP contribution in [0.3, 0.4) is 0 Å². The molecule has 0 unspecified atom stereocenters. The van der Waals surface area contributed by atoms with Crippen molar-refractivity contribution in [3.05, 3.63) is 35.6 Å². The van der Waals surface area contributed by atoms with Crippen LogP contribution in [0.15, 0.2) is 24.3 Å². The maximum absolute atomic E-state index is 13.7. The van der Waals surface area contributed by atoms with Crippen molar-refractivity contribution in [1.29, 1.82) is 0 Å². The summed E-state index contributed by atoms with van der Waals surface area (Å²) in [4.78, 5) is 13.5. The zero-order valence-electron chi connectivity index (χ0n) is 10.2. The Labute approximate surface area is 101 Å². The molecule has 1 saturated carbocycles. The fraction of sp³-hybridized carbons (Fsp3) is 0.462. The summed E-state index contributed by atoms with van der Waals surface area (Å²) in [6.45, 7) is 0.330. The highest BCUT2D eigenvalue weighted by Crippen LogP contribution is 2.46. The van der Waals surface area contributed by atoms with Gasteiger partial charge < -0.3 is 10.2 Å². The van der Waals surface area contributed by atoms with Gasteiger partial charge in [-0.15, -0.1) is 0 Å². The number of amides is 1. The van der Waals surface area contributed by atoms with E-state index in [1.54, 1.807) is 23.1 Å². The molecule has 3 nitrogen and oxygen atoms in total. The van der Waals surface area contributed by atoms with Gasteiger partial charge in [0.25, 0.3) is 0 Å². The van der Waals surface area contributed by atoms with Crippen LogP contribution >= 0.6 is 0 Å². The Bertz CT molecular complexity index is 427. The van der Waals surface area contributed by atoms with Gasteiger partial charge in [0, 0.05) is 5.56 Å². The first-order valence-electron chi connectivity index (χ1n) is 5.74. The van der Waals surface area contributed by atoms with Gasteiger partial charge in [-0.1, -0.05) is 18.2 Å². The maximum Gasteiger partial charge on any atom is 0.234 e. The third kappa shape index (κ3) is 2.64. The van der Waals surface area contributed by atoms with Crippen LogP contribution in [0.1, 0.15) is 18.4 Å². The van der Waals surface area contributed by atoms with Crippen LogP contribution in [0.5, 0.6) is 0 Å². The monoisotopic (exact) mass is 236 g/mol. The molecular weight excluding hydrogens is 219 g/mol. The van der Waals surface area contributed by atoms with Gasteiger partial charge in [-0.3, -0.25) is 4.79 Å². The largest absolute Gasteiger partial charge is 0.345 e. The predicted molar refractivity (Wildman–Crippen MR) is 64.0 cm³/mol. The van der Waals surface area contributed by atoms with E-state index in [0.29, 0.717) is 12.1 Å². The summed E-state index contributed by atoms with van der Waals surface area (Å²) >= 11 is 0. The lowest BCUT2D eigenvalue weighted by atomic mass is 10.0. The van der Waals surface area contributed by atoms with Crippen LogP contribution in [-0.4, -0.2) is 31.4 Å². The minimum absolute atomic E-state index is 0.0595. The van der Waals surface area contributed by atoms with Crippen LogP contribution in [-0.2, 0) is 10.3 Å². The van der Waals surface area contributed by atoms with Gasteiger partial charge in [-0.05, 0) is 33.0 Å². The Kier molecular flexibility index (Phi) is 3.15. The molecule has 0 spiro atoms. The molecule has 0 heterocycles. The summed E-state index contributed by atoms with van der Waals surface area (Å²) in [6.07, 6.45) is 1.63. The molecule has 1 N–H and O–H groups in total. The second kappa shape index (κ2) is 4.45. The highest BCUT2D eigenvalue weighted by Gasteiger charge is 2.47. The van der Waals surface area contributed by atoms with E-state index in [4.69, 9.17) is 0 Å². The number of hydrogen-bond acceptors (Lipinski definition) is 2. The Hall–Kier alpha value is -1.42. The zero-order chi connectivity index (χ0) is 12.5. The van der Waals surface area contributed by atoms with Gasteiger partial charge in [0.1, 0.15) is 5.82 Å². The first kappa shape index (κ1) is 12.0. The third-order valence-electron chi connectivity index (χ3n) is 2.98. The van der Waals surface area contributed by atoms with Crippen molar-refractivity contribution in [3.8, 4) is 0 Å². The first-order valence-corrected chi connectivity index (χ1v) is 5.74. The van der Waals surface area contributed by atoms with Gasteiger partial charge in [0.15, 0.2) is 0 Å². The molecule has 17 heavy (non-hydrogen) atoms. The van der Waals surface area contributed by atoms with Crippen molar-refractivity contribution in [3.63, 3.8) is 0 Å². The standard InChI is InChI=1S/C13H17FN2O/c1-16(2)9-12(17)15-13(7-8-13)10-5-3-4-6-11(10)14/h3-6H,7-9H2,1-2H3,(H,15,17). The van der Waals surface area contributed by atoms with E-state index in [9.17, 15) is 9.18 Å². The molecule has 0 radical (unpaired) electrons. The fourth-order valence-corrected chi connectivity index (χ4v) is 2.03. The molecule has 0 atom stereocenters. The summed E-state index contributed by atoms with van der Waals surface area (Å²) in [6, 6.07) is 6.65. The zero-order valence-corrected chi connectivity index (χ0v) is 10.2. The normalized spacial score (nSPS) is 16.9. The Morgan fingerprint density at radius 3 is 2.59 bits per heavy atom. The summed E-state index contributed by atoms with van der Waals surface area (Å²) in [5, 5.41) is 2.94. The highest BCUT2D eigenvalue weighted by molar-refractivity contribution is 5.79. The molecule has 2 rings (SSSR count). The minimum Gasteiger partial charge on any atom is -0.345 e. The second-order valence-corrected chi connectivity index (χ2v) is 4.85. The Balaban J connectivity index is 2.10. The average molecular weight is 236 g/mol. The van der Waals surface area contributed by atoms with Crippen LogP contribution in [0.2, 0.25) is 0 Å². The summed E-state index contributed by atoms with van der Waals surface area (Å²) in [5.74, 6) is -0.300. The minimum atomic E-state index is -0.460. The lowest BCUT2D eigenvalue weighted by Crippen LogP contribution is -2.40. The molecule has 0 aliphatic heterocycles. The van der Waals surface area contributed by atoms with Gasteiger partial charge in [0.05, 0.1) is 12.1 Å². The highest BCUT2D eigenvalue weighted by atomic mass is 19.1. The van der Waals surface area contributed by atoms with Crippen molar-refractivity contribution in [2.24, 2.45) is 0 Å². The lowest BCUT2D eigenvalue weighted by molar-refractivity contribution is -0.122. The molecule has 1 aliphatic rings. The smallest absolute Gasteiger partial charge is 0.234 e. The molecule has 92 valence electrons. The summed E-state index contributed by atoms with van der Waals surface area (Å²) in [7, 11) is 3.67. The molecular formula is C13H17FN2O. The molecule has 1 amide bonds. The van der Waals surface area contributed by atoms with E-state index in [2.05, 4.69) is 5.32 Å². The van der Waals surface area contributed by atoms with Crippen LogP contribution < -0.4 is 5.32 Å². The molecule has 1 aromatic rings. The Morgan fingerprint density at radius 2 is 2.06 bits per heavy atom. The number of carbonyl (C=O) groups excluding carboxylic acids is 1. The summed E-state index contributed by atoms with van der Waals surface area (Å²) < 4.78 is 13.7. The second-order valence-electron chi connectivity index (χ2n) is 4.85. The van der Waals surface area contributed by atoms with E-state index >= 15 is 0 Å². The number of likely N-dealkylation sites (N-methyl/N-ethyl adjacent to an activating group) is 1. The van der Waals surface area contributed by atoms with Crippen LogP contribution in [0.4, 0.5) is 4.39 Å². The van der Waals surface area contributed by atoms with Crippen LogP contribution in [0.25, 0.3) is 0 Å². The fourth-order valence-electron chi connectivity index (χ4n) is 2.03. The molecule has 4 heteroatoms. The van der Waals surface area contributed by atoms with Crippen molar-refractivity contribution in [2.45, 2.75) is 18.4 Å². The first-order chi connectivity index (χ1) is 8.03. The number of nitrogens with one attached hydrogen (secondary N) is 1. The van der Waals surface area contributed by atoms with Crippen molar-refractivity contribution in [2.75, 3.05) is 20.6 Å². The van der Waals surface area contributed by atoms with Crippen molar-refractivity contribution < 1.29 is 9.18 Å². The molecule has 1 aliphatic carbocycles. The van der Waals surface area contributed by atoms with Gasteiger partial charge in [-0.2, -0.15) is 0 Å². The van der Waals surface area contributed by atoms with E-state index in [1.165, 1.54) is 6.07 Å². The van der Waals surface area contributed by atoms with Gasteiger partial charge >= 0.3 is 0 Å². The van der Waals surface area contributed by atoms with E-state index < -0.39 is 5.54 Å². The summed E-state index contributed by atoms with van der Waals surface area (Å²) in [5.41, 5.74) is 0.144. The van der Waals surface area contributed by atoms with E-state index in [0.717, 1.165) is 12.8 Å². The average Bonchev–Trinajstić information content (AvgIpc) is 2.97. The molecule has 0 saturated heterocycles. The molecule has 0 bridgehead atoms. The topological polar surface area (TPSA) is 32.3 Å². The number of nitrogens with zero attached hydrogens (tertiary/aromatic N) is 1. The van der Waals surface area contributed by atoms with Gasteiger partial charge in [0.2, 0.25) is 5.91 Å². The van der Waals surface area contributed by atoms with Crippen molar-refractivity contribution >= 4 is 5.91 Å². The van der Waals surface area contributed by atoms with E-state index in [-0.39, 0.29) is 11.7 Å². The Morgan fingerprint density at radius 1 is 1.41 bits per heavy atom. The van der Waals surface area contributed by atoms with Crippen LogP contribution in [0, 0.1) is 5.82 Å². The third-order valence-corrected chi connectivity index (χ3v) is 2.98.